The fraction of sp³-hybridized carbons (Fsp3) is 0. The Morgan fingerprint density at radius 3 is 0.912 bits per heavy atom. The van der Waals surface area contributed by atoms with Crippen LogP contribution in [0, 0.1) is 0 Å². The quantitative estimate of drug-likeness (QED) is 0.159. The van der Waals surface area contributed by atoms with Crippen LogP contribution < -0.4 is 0 Å². The molecule has 0 atom stereocenters. The summed E-state index contributed by atoms with van der Waals surface area (Å²) in [7, 11) is 0. The van der Waals surface area contributed by atoms with Crippen molar-refractivity contribution in [2.45, 2.75) is 0 Å². The number of hydrogen-bond donors (Lipinski definition) is 0. The normalized spacial score (nSPS) is 11.5. The van der Waals surface area contributed by atoms with Gasteiger partial charge < -0.3 is 0 Å². The third-order valence-corrected chi connectivity index (χ3v) is 12.5. The topological polar surface area (TPSA) is 0 Å². The van der Waals surface area contributed by atoms with Crippen LogP contribution in [0.25, 0.3) is 108 Å². The summed E-state index contributed by atoms with van der Waals surface area (Å²) in [5, 5.41) is 7.60. The number of rotatable bonds is 6. The molecule has 0 amide bonds. The second-order valence-corrected chi connectivity index (χ2v) is 16.1. The van der Waals surface area contributed by atoms with E-state index >= 15 is 0 Å². The Morgan fingerprint density at radius 2 is 0.509 bits per heavy atom. The standard InChI is InChI=1S/C56H36S/c1-3-11-37(12-4-1)47-29-49(43-21-19-39-15-7-9-17-41(39)27-43)33-51(31-47)45-23-25-55-53(35-45)54-36-46(24-26-56(54)57-55)52-32-48(38-13-5-2-6-14-38)30-50(34-52)44-22-20-40-16-8-10-18-42(40)28-44/h1-36H. The molecule has 0 radical (unpaired) electrons. The van der Waals surface area contributed by atoms with E-state index in [1.54, 1.807) is 0 Å². The molecule has 1 heteroatoms. The maximum atomic E-state index is 2.41. The summed E-state index contributed by atoms with van der Waals surface area (Å²) < 4.78 is 2.60. The molecule has 0 bridgehead atoms. The third-order valence-electron chi connectivity index (χ3n) is 11.4. The van der Waals surface area contributed by atoms with Gasteiger partial charge in [0.25, 0.3) is 0 Å². The third kappa shape index (κ3) is 6.29. The average molecular weight is 741 g/mol. The lowest BCUT2D eigenvalue weighted by Gasteiger charge is -2.13. The molecule has 0 saturated heterocycles. The second-order valence-electron chi connectivity index (χ2n) is 15.0. The van der Waals surface area contributed by atoms with Crippen molar-refractivity contribution in [2.24, 2.45) is 0 Å². The molecule has 11 rings (SSSR count). The summed E-state index contributed by atoms with van der Waals surface area (Å²) in [5.41, 5.74) is 14.6. The van der Waals surface area contributed by atoms with Crippen LogP contribution in [0.1, 0.15) is 0 Å². The van der Waals surface area contributed by atoms with Crippen LogP contribution in [0.5, 0.6) is 0 Å². The van der Waals surface area contributed by atoms with E-state index in [9.17, 15) is 0 Å². The van der Waals surface area contributed by atoms with Crippen molar-refractivity contribution < 1.29 is 0 Å². The molecule has 11 aromatic rings. The minimum atomic E-state index is 1.22. The lowest BCUT2D eigenvalue weighted by Crippen LogP contribution is -1.87. The van der Waals surface area contributed by atoms with Gasteiger partial charge >= 0.3 is 0 Å². The van der Waals surface area contributed by atoms with Gasteiger partial charge in [0.2, 0.25) is 0 Å². The maximum Gasteiger partial charge on any atom is 0.0355 e. The lowest BCUT2D eigenvalue weighted by molar-refractivity contribution is 1.58. The van der Waals surface area contributed by atoms with E-state index < -0.39 is 0 Å². The molecule has 0 fully saturated rings. The maximum absolute atomic E-state index is 2.41. The zero-order chi connectivity index (χ0) is 37.7. The molecule has 0 aliphatic heterocycles. The van der Waals surface area contributed by atoms with E-state index in [1.165, 1.54) is 108 Å². The highest BCUT2D eigenvalue weighted by Crippen LogP contribution is 2.42. The molecule has 0 N–H and O–H groups in total. The first-order chi connectivity index (χ1) is 28.2. The highest BCUT2D eigenvalue weighted by atomic mass is 32.1. The average Bonchev–Trinajstić information content (AvgIpc) is 3.66. The summed E-state index contributed by atoms with van der Waals surface area (Å²) >= 11 is 1.87. The Labute approximate surface area is 336 Å². The summed E-state index contributed by atoms with van der Waals surface area (Å²) in [6, 6.07) is 80.5. The molecule has 0 nitrogen and oxygen atoms in total. The molecular formula is C56H36S. The highest BCUT2D eigenvalue weighted by Gasteiger charge is 2.14. The summed E-state index contributed by atoms with van der Waals surface area (Å²) in [4.78, 5) is 0. The first kappa shape index (κ1) is 33.3. The molecule has 266 valence electrons. The summed E-state index contributed by atoms with van der Waals surface area (Å²) in [6.07, 6.45) is 0. The van der Waals surface area contributed by atoms with Crippen LogP contribution in [0.4, 0.5) is 0 Å². The molecule has 10 aromatic carbocycles. The van der Waals surface area contributed by atoms with Crippen LogP contribution in [0.3, 0.4) is 0 Å². The van der Waals surface area contributed by atoms with Crippen molar-refractivity contribution in [2.75, 3.05) is 0 Å². The van der Waals surface area contributed by atoms with Crippen molar-refractivity contribution in [3.05, 3.63) is 218 Å². The molecule has 0 aliphatic carbocycles. The van der Waals surface area contributed by atoms with Gasteiger partial charge in [-0.05, 0) is 161 Å². The molecule has 0 unspecified atom stereocenters. The number of fused-ring (bicyclic) bond motifs is 5. The first-order valence-corrected chi connectivity index (χ1v) is 20.4. The van der Waals surface area contributed by atoms with Gasteiger partial charge in [0.1, 0.15) is 0 Å². The lowest BCUT2D eigenvalue weighted by atomic mass is 9.91. The molecule has 1 heterocycles. The van der Waals surface area contributed by atoms with Crippen LogP contribution in [-0.4, -0.2) is 0 Å². The largest absolute Gasteiger partial charge is 0.135 e. The second kappa shape index (κ2) is 13.9. The van der Waals surface area contributed by atoms with Crippen molar-refractivity contribution >= 4 is 53.1 Å². The Morgan fingerprint density at radius 1 is 0.193 bits per heavy atom. The summed E-state index contributed by atoms with van der Waals surface area (Å²) in [5.74, 6) is 0. The van der Waals surface area contributed by atoms with Gasteiger partial charge in [-0.15, -0.1) is 11.3 Å². The minimum Gasteiger partial charge on any atom is -0.135 e. The monoisotopic (exact) mass is 740 g/mol. The molecule has 1 aromatic heterocycles. The van der Waals surface area contributed by atoms with Gasteiger partial charge in [-0.3, -0.25) is 0 Å². The fourth-order valence-electron chi connectivity index (χ4n) is 8.39. The summed E-state index contributed by atoms with van der Waals surface area (Å²) in [6.45, 7) is 0. The first-order valence-electron chi connectivity index (χ1n) is 19.6. The minimum absolute atomic E-state index is 1.22. The number of benzene rings is 10. The van der Waals surface area contributed by atoms with Crippen molar-refractivity contribution in [3.8, 4) is 66.8 Å². The SMILES string of the molecule is c1ccc(-c2cc(-c3ccc4ccccc4c3)cc(-c3ccc4sc5ccc(-c6cc(-c7ccccc7)cc(-c7ccc8ccccc8c7)c6)cc5c4c3)c2)cc1. The van der Waals surface area contributed by atoms with E-state index in [-0.39, 0.29) is 0 Å². The van der Waals surface area contributed by atoms with Gasteiger partial charge in [0, 0.05) is 20.2 Å². The Kier molecular flexibility index (Phi) is 8.12. The van der Waals surface area contributed by atoms with Crippen molar-refractivity contribution in [1.29, 1.82) is 0 Å². The van der Waals surface area contributed by atoms with Crippen LogP contribution in [-0.2, 0) is 0 Å². The van der Waals surface area contributed by atoms with Crippen LogP contribution in [0.15, 0.2) is 218 Å². The van der Waals surface area contributed by atoms with E-state index in [2.05, 4.69) is 218 Å². The molecule has 57 heavy (non-hydrogen) atoms. The van der Waals surface area contributed by atoms with Gasteiger partial charge in [-0.1, -0.05) is 146 Å². The predicted molar refractivity (Wildman–Crippen MR) is 247 cm³/mol. The van der Waals surface area contributed by atoms with E-state index in [4.69, 9.17) is 0 Å². The molecule has 0 aliphatic rings. The molecule has 0 spiro atoms. The van der Waals surface area contributed by atoms with Gasteiger partial charge in [0.05, 0.1) is 0 Å². The zero-order valence-corrected chi connectivity index (χ0v) is 32.0. The number of hydrogen-bond acceptors (Lipinski definition) is 1. The van der Waals surface area contributed by atoms with E-state index in [0.29, 0.717) is 0 Å². The zero-order valence-electron chi connectivity index (χ0n) is 31.2. The highest BCUT2D eigenvalue weighted by molar-refractivity contribution is 7.25. The Bertz CT molecular complexity index is 3060. The van der Waals surface area contributed by atoms with E-state index in [1.807, 2.05) is 11.3 Å². The number of thiophene rings is 1. The fourth-order valence-corrected chi connectivity index (χ4v) is 9.46. The molecular weight excluding hydrogens is 705 g/mol. The molecule has 0 saturated carbocycles. The van der Waals surface area contributed by atoms with Gasteiger partial charge in [0.15, 0.2) is 0 Å². The van der Waals surface area contributed by atoms with Crippen LogP contribution in [0.2, 0.25) is 0 Å². The van der Waals surface area contributed by atoms with Crippen LogP contribution >= 0.6 is 11.3 Å². The Balaban J connectivity index is 1.05. The Hall–Kier alpha value is -7.06. The van der Waals surface area contributed by atoms with Crippen molar-refractivity contribution in [1.82, 2.24) is 0 Å². The smallest absolute Gasteiger partial charge is 0.0355 e. The predicted octanol–water partition coefficient (Wildman–Crippen LogP) is 16.4. The van der Waals surface area contributed by atoms with Crippen molar-refractivity contribution in [3.63, 3.8) is 0 Å². The van der Waals surface area contributed by atoms with E-state index in [0.717, 1.165) is 0 Å². The van der Waals surface area contributed by atoms with Gasteiger partial charge in [-0.25, -0.2) is 0 Å². The van der Waals surface area contributed by atoms with Gasteiger partial charge in [-0.2, -0.15) is 0 Å².